The Morgan fingerprint density at radius 3 is 1.27 bits per heavy atom. The molecule has 14 rings (SSSR count). The highest BCUT2D eigenvalue weighted by Gasteiger charge is 2.37. The molecule has 0 spiro atoms. The molecule has 3 aliphatic rings. The van der Waals surface area contributed by atoms with E-state index in [1.54, 1.807) is 0 Å². The van der Waals surface area contributed by atoms with Gasteiger partial charge in [-0.1, -0.05) is 306 Å². The Balaban J connectivity index is 0.000000115. The van der Waals surface area contributed by atoms with Crippen LogP contribution in [0.5, 0.6) is 0 Å². The summed E-state index contributed by atoms with van der Waals surface area (Å²) in [5, 5.41) is 5.33. The molecule has 0 amide bonds. The minimum atomic E-state index is 0.150. The van der Waals surface area contributed by atoms with E-state index < -0.39 is 0 Å². The maximum absolute atomic E-state index is 2.33. The van der Waals surface area contributed by atoms with E-state index in [0.717, 1.165) is 0 Å². The van der Waals surface area contributed by atoms with Gasteiger partial charge in [-0.25, -0.2) is 0 Å². The Bertz CT molecular complexity index is 3820. The molecule has 0 heteroatoms. The molecule has 11 aromatic rings. The third-order valence-corrected chi connectivity index (χ3v) is 16.1. The molecule has 77 heavy (non-hydrogen) atoms. The van der Waals surface area contributed by atoms with Crippen LogP contribution in [0.1, 0.15) is 108 Å². The maximum Gasteiger partial charge on any atom is 0.0161 e. The summed E-state index contributed by atoms with van der Waals surface area (Å²) in [4.78, 5) is 0. The van der Waals surface area contributed by atoms with E-state index in [2.05, 4.69) is 308 Å². The van der Waals surface area contributed by atoms with Crippen molar-refractivity contribution in [3.05, 3.63) is 309 Å². The van der Waals surface area contributed by atoms with E-state index in [0.29, 0.717) is 0 Å². The molecule has 0 fully saturated rings. The summed E-state index contributed by atoms with van der Waals surface area (Å²) in [7, 11) is 0. The van der Waals surface area contributed by atoms with Crippen molar-refractivity contribution in [3.8, 4) is 33.4 Å². The van der Waals surface area contributed by atoms with E-state index >= 15 is 0 Å². The molecule has 0 nitrogen and oxygen atoms in total. The molecule has 0 saturated heterocycles. The minimum Gasteiger partial charge on any atom is -0.0622 e. The van der Waals surface area contributed by atoms with Gasteiger partial charge in [0.15, 0.2) is 0 Å². The van der Waals surface area contributed by atoms with E-state index in [-0.39, 0.29) is 16.2 Å². The van der Waals surface area contributed by atoms with Crippen LogP contribution in [0.3, 0.4) is 0 Å². The predicted molar refractivity (Wildman–Crippen MR) is 335 cm³/mol. The molecule has 0 unspecified atom stereocenters. The average Bonchev–Trinajstić information content (AvgIpc) is 4.10. The molecule has 3 aliphatic carbocycles. The van der Waals surface area contributed by atoms with Gasteiger partial charge >= 0.3 is 0 Å². The van der Waals surface area contributed by atoms with E-state index in [9.17, 15) is 0 Å². The standard InChI is InChI=1S/3C16H16.2C11H10.C7H8/c1-11-7-6-9-13-12-8-4-5-10-14(12)16(2,3)15(11)13;1-11-8-9-15-13(10-11)12-6-4-5-7-14(12)16(15,2)3;1-11-8-9-13-12-6-4-5-7-14(12)16(2,3)15(13)10-11;1-9-5-4-7-10-6-2-3-8-11(9)10;1-9-6-7-10-4-2-3-5-11(10)8-9;1-7-5-3-2-4-6-7/h3*4-10H,1-3H3;2*2-8H,1H3;2-6H,1H3. The van der Waals surface area contributed by atoms with Gasteiger partial charge in [0.05, 0.1) is 0 Å². The predicted octanol–water partition coefficient (Wildman–Crippen LogP) is 21.2. The first kappa shape index (κ1) is 53.8. The third-order valence-electron chi connectivity index (χ3n) is 16.1. The van der Waals surface area contributed by atoms with E-state index in [1.807, 2.05) is 18.2 Å². The first-order valence-electron chi connectivity index (χ1n) is 27.5. The maximum atomic E-state index is 2.33. The van der Waals surface area contributed by atoms with Crippen LogP contribution in [0.15, 0.2) is 243 Å². The van der Waals surface area contributed by atoms with Crippen LogP contribution in [0.25, 0.3) is 54.9 Å². The molecule has 0 N–H and O–H groups in total. The lowest BCUT2D eigenvalue weighted by atomic mass is 9.80. The zero-order valence-corrected chi connectivity index (χ0v) is 47.6. The molecule has 0 radical (unpaired) electrons. The lowest BCUT2D eigenvalue weighted by molar-refractivity contribution is 0.655. The van der Waals surface area contributed by atoms with Gasteiger partial charge in [-0.3, -0.25) is 0 Å². The van der Waals surface area contributed by atoms with Crippen molar-refractivity contribution in [2.75, 3.05) is 0 Å². The van der Waals surface area contributed by atoms with Crippen molar-refractivity contribution >= 4 is 21.5 Å². The SMILES string of the molecule is Cc1ccc2c(c1)-c1ccccc1C2(C)C.Cc1ccc2c(c1)C(C)(C)c1ccccc1-2.Cc1ccc2ccccc2c1.Cc1cccc2c1C(C)(C)c1ccccc1-2.Cc1cccc2ccccc12.Cc1ccccc1. The van der Waals surface area contributed by atoms with Gasteiger partial charge in [-0.05, 0) is 141 Å². The molecular formula is C77H76. The number of hydrogen-bond donors (Lipinski definition) is 0. The number of fused-ring (bicyclic) bond motifs is 11. The summed E-state index contributed by atoms with van der Waals surface area (Å²) < 4.78 is 0. The quantitative estimate of drug-likeness (QED) is 0.142. The Morgan fingerprint density at radius 2 is 0.636 bits per heavy atom. The molecule has 0 heterocycles. The van der Waals surface area contributed by atoms with Crippen LogP contribution in [-0.4, -0.2) is 0 Å². The summed E-state index contributed by atoms with van der Waals surface area (Å²) in [6.45, 7) is 26.8. The molecule has 11 aromatic carbocycles. The minimum absolute atomic E-state index is 0.150. The molecule has 0 aromatic heterocycles. The van der Waals surface area contributed by atoms with Crippen LogP contribution in [-0.2, 0) is 16.2 Å². The van der Waals surface area contributed by atoms with Crippen molar-refractivity contribution in [1.29, 1.82) is 0 Å². The normalized spacial score (nSPS) is 13.5. The highest BCUT2D eigenvalue weighted by atomic mass is 14.4. The van der Waals surface area contributed by atoms with Gasteiger partial charge in [0, 0.05) is 16.2 Å². The Kier molecular flexibility index (Phi) is 15.8. The Morgan fingerprint density at radius 1 is 0.221 bits per heavy atom. The van der Waals surface area contributed by atoms with Crippen LogP contribution in [0.4, 0.5) is 0 Å². The zero-order valence-electron chi connectivity index (χ0n) is 47.6. The van der Waals surface area contributed by atoms with Gasteiger partial charge in [0.25, 0.3) is 0 Å². The average molecular weight is 1000 g/mol. The molecule has 0 aliphatic heterocycles. The second-order valence-corrected chi connectivity index (χ2v) is 22.9. The molecule has 0 bridgehead atoms. The molecular weight excluding hydrogens is 925 g/mol. The van der Waals surface area contributed by atoms with E-state index in [4.69, 9.17) is 0 Å². The van der Waals surface area contributed by atoms with Crippen molar-refractivity contribution < 1.29 is 0 Å². The number of rotatable bonds is 0. The van der Waals surface area contributed by atoms with Gasteiger partial charge in [0.2, 0.25) is 0 Å². The van der Waals surface area contributed by atoms with Gasteiger partial charge in [-0.2, -0.15) is 0 Å². The molecule has 0 atom stereocenters. The van der Waals surface area contributed by atoms with Crippen LogP contribution in [0, 0.1) is 41.5 Å². The van der Waals surface area contributed by atoms with Gasteiger partial charge < -0.3 is 0 Å². The summed E-state index contributed by atoms with van der Waals surface area (Å²) >= 11 is 0. The first-order valence-corrected chi connectivity index (χ1v) is 27.5. The van der Waals surface area contributed by atoms with Gasteiger partial charge in [0.1, 0.15) is 0 Å². The van der Waals surface area contributed by atoms with Crippen molar-refractivity contribution in [3.63, 3.8) is 0 Å². The fourth-order valence-corrected chi connectivity index (χ4v) is 12.0. The number of hydrogen-bond acceptors (Lipinski definition) is 0. The highest BCUT2D eigenvalue weighted by Crippen LogP contribution is 2.51. The van der Waals surface area contributed by atoms with Gasteiger partial charge in [-0.15, -0.1) is 0 Å². The second-order valence-electron chi connectivity index (χ2n) is 22.9. The van der Waals surface area contributed by atoms with E-state index in [1.165, 1.54) is 122 Å². The van der Waals surface area contributed by atoms with Crippen molar-refractivity contribution in [2.45, 2.75) is 99.3 Å². The molecule has 384 valence electrons. The number of benzene rings is 11. The summed E-state index contributed by atoms with van der Waals surface area (Å²) in [5.41, 5.74) is 25.8. The summed E-state index contributed by atoms with van der Waals surface area (Å²) in [5.74, 6) is 0. The first-order chi connectivity index (χ1) is 37.0. The monoisotopic (exact) mass is 1000 g/mol. The fourth-order valence-electron chi connectivity index (χ4n) is 12.0. The largest absolute Gasteiger partial charge is 0.0622 e. The molecule has 0 saturated carbocycles. The Labute approximate surface area is 461 Å². The summed E-state index contributed by atoms with van der Waals surface area (Å²) in [6, 6.07) is 86.5. The van der Waals surface area contributed by atoms with Crippen LogP contribution in [0.2, 0.25) is 0 Å². The number of aryl methyl sites for hydroxylation is 6. The van der Waals surface area contributed by atoms with Crippen molar-refractivity contribution in [1.82, 2.24) is 0 Å². The lowest BCUT2D eigenvalue weighted by Crippen LogP contribution is -2.16. The smallest absolute Gasteiger partial charge is 0.0161 e. The third kappa shape index (κ3) is 11.3. The Hall–Kier alpha value is -8.06. The topological polar surface area (TPSA) is 0 Å². The fraction of sp³-hybridized carbons (Fsp3) is 0.195. The lowest BCUT2D eigenvalue weighted by Gasteiger charge is -2.23. The zero-order chi connectivity index (χ0) is 54.5. The summed E-state index contributed by atoms with van der Waals surface area (Å²) in [6.07, 6.45) is 0. The van der Waals surface area contributed by atoms with Crippen molar-refractivity contribution in [2.24, 2.45) is 0 Å². The highest BCUT2D eigenvalue weighted by molar-refractivity contribution is 5.86. The second kappa shape index (κ2) is 22.6. The van der Waals surface area contributed by atoms with Crippen LogP contribution >= 0.6 is 0 Å². The van der Waals surface area contributed by atoms with Crippen LogP contribution < -0.4 is 0 Å².